The molecule has 0 spiro atoms. The van der Waals surface area contributed by atoms with Gasteiger partial charge in [0, 0.05) is 36.8 Å². The topological polar surface area (TPSA) is 59.1 Å². The van der Waals surface area contributed by atoms with E-state index in [0.717, 1.165) is 36.9 Å². The number of rotatable bonds is 2. The predicted molar refractivity (Wildman–Crippen MR) is 103 cm³/mol. The third kappa shape index (κ3) is 2.89. The van der Waals surface area contributed by atoms with Gasteiger partial charge in [0.25, 0.3) is 11.8 Å². The molecule has 3 heterocycles. The predicted octanol–water partition coefficient (Wildman–Crippen LogP) is 2.72. The lowest BCUT2D eigenvalue weighted by atomic mass is 9.94. The van der Waals surface area contributed by atoms with Crippen LogP contribution in [0, 0.1) is 0 Å². The third-order valence-electron chi connectivity index (χ3n) is 5.94. The molecule has 2 amide bonds. The number of nitrogens with zero attached hydrogens (tertiary/aromatic N) is 2. The van der Waals surface area contributed by atoms with Crippen LogP contribution in [0.4, 0.5) is 0 Å². The molecule has 1 fully saturated rings. The van der Waals surface area contributed by atoms with Crippen molar-refractivity contribution in [2.45, 2.75) is 25.3 Å². The number of ether oxygens (including phenoxy) is 2. The molecular formula is C22H22N2O4. The SMILES string of the molecule is O=C(c1ccc2c(c1)OCO2)N1CCC(N2CCc3ccccc3C2=O)CC1. The Hall–Kier alpha value is -3.02. The molecule has 0 aliphatic carbocycles. The number of benzene rings is 2. The number of carbonyl (C=O) groups excluding carboxylic acids is 2. The van der Waals surface area contributed by atoms with E-state index < -0.39 is 0 Å². The van der Waals surface area contributed by atoms with Gasteiger partial charge in [-0.1, -0.05) is 18.2 Å². The molecule has 0 aromatic heterocycles. The Balaban J connectivity index is 1.24. The highest BCUT2D eigenvalue weighted by molar-refractivity contribution is 5.97. The number of carbonyl (C=O) groups is 2. The summed E-state index contributed by atoms with van der Waals surface area (Å²) in [6.07, 6.45) is 2.52. The second-order valence-electron chi connectivity index (χ2n) is 7.50. The quantitative estimate of drug-likeness (QED) is 0.806. The third-order valence-corrected chi connectivity index (χ3v) is 5.94. The standard InChI is InChI=1S/C22H22N2O4/c25-21(16-5-6-19-20(13-16)28-14-27-19)23-10-8-17(9-11-23)24-12-7-15-3-1-2-4-18(15)22(24)26/h1-6,13,17H,7-12,14H2. The molecule has 0 N–H and O–H groups in total. The van der Waals surface area contributed by atoms with Crippen LogP contribution in [0.15, 0.2) is 42.5 Å². The number of hydrogen-bond donors (Lipinski definition) is 0. The van der Waals surface area contributed by atoms with Gasteiger partial charge in [-0.15, -0.1) is 0 Å². The van der Waals surface area contributed by atoms with Crippen LogP contribution in [0.2, 0.25) is 0 Å². The molecule has 1 saturated heterocycles. The average Bonchev–Trinajstić information content (AvgIpc) is 3.22. The summed E-state index contributed by atoms with van der Waals surface area (Å²) in [5, 5.41) is 0. The highest BCUT2D eigenvalue weighted by atomic mass is 16.7. The number of hydrogen-bond acceptors (Lipinski definition) is 4. The van der Waals surface area contributed by atoms with Crippen molar-refractivity contribution >= 4 is 11.8 Å². The normalized spacial score (nSPS) is 18.9. The Bertz CT molecular complexity index is 934. The minimum absolute atomic E-state index is 0.00654. The lowest BCUT2D eigenvalue weighted by molar-refractivity contribution is 0.0505. The van der Waals surface area contributed by atoms with Crippen LogP contribution in [0.25, 0.3) is 0 Å². The summed E-state index contributed by atoms with van der Waals surface area (Å²) < 4.78 is 10.7. The van der Waals surface area contributed by atoms with Crippen molar-refractivity contribution in [3.8, 4) is 11.5 Å². The lowest BCUT2D eigenvalue weighted by Crippen LogP contribution is -2.50. The fraction of sp³-hybridized carbons (Fsp3) is 0.364. The first-order valence-corrected chi connectivity index (χ1v) is 9.78. The van der Waals surface area contributed by atoms with Crippen LogP contribution in [-0.4, -0.2) is 54.1 Å². The molecule has 6 nitrogen and oxygen atoms in total. The number of likely N-dealkylation sites (tertiary alicyclic amines) is 1. The second-order valence-corrected chi connectivity index (χ2v) is 7.50. The Kier molecular flexibility index (Phi) is 4.19. The highest BCUT2D eigenvalue weighted by Crippen LogP contribution is 2.33. The monoisotopic (exact) mass is 378 g/mol. The Morgan fingerprint density at radius 2 is 1.75 bits per heavy atom. The maximum atomic E-state index is 12.9. The summed E-state index contributed by atoms with van der Waals surface area (Å²) in [6, 6.07) is 13.4. The molecule has 28 heavy (non-hydrogen) atoms. The Morgan fingerprint density at radius 1 is 0.964 bits per heavy atom. The lowest BCUT2D eigenvalue weighted by Gasteiger charge is -2.40. The smallest absolute Gasteiger partial charge is 0.254 e. The zero-order valence-electron chi connectivity index (χ0n) is 15.6. The molecule has 0 saturated carbocycles. The van der Waals surface area contributed by atoms with Crippen LogP contribution in [0.5, 0.6) is 11.5 Å². The first-order chi connectivity index (χ1) is 13.7. The van der Waals surface area contributed by atoms with E-state index in [1.54, 1.807) is 18.2 Å². The number of amides is 2. The molecule has 2 aromatic carbocycles. The fourth-order valence-corrected chi connectivity index (χ4v) is 4.39. The van der Waals surface area contributed by atoms with Gasteiger partial charge < -0.3 is 19.3 Å². The first kappa shape index (κ1) is 17.1. The minimum atomic E-state index is 0.00654. The van der Waals surface area contributed by atoms with Crippen LogP contribution < -0.4 is 9.47 Å². The van der Waals surface area contributed by atoms with E-state index in [0.29, 0.717) is 30.2 Å². The van der Waals surface area contributed by atoms with E-state index in [2.05, 4.69) is 0 Å². The zero-order valence-corrected chi connectivity index (χ0v) is 15.6. The van der Waals surface area contributed by atoms with Gasteiger partial charge in [-0.3, -0.25) is 9.59 Å². The second kappa shape index (κ2) is 6.86. The molecule has 6 heteroatoms. The number of piperidine rings is 1. The van der Waals surface area contributed by atoms with Crippen molar-refractivity contribution in [2.75, 3.05) is 26.4 Å². The van der Waals surface area contributed by atoms with Crippen LogP contribution >= 0.6 is 0 Å². The number of fused-ring (bicyclic) bond motifs is 2. The van der Waals surface area contributed by atoms with Crippen molar-refractivity contribution < 1.29 is 19.1 Å². The molecule has 0 unspecified atom stereocenters. The summed E-state index contributed by atoms with van der Waals surface area (Å²) in [6.45, 7) is 2.27. The van der Waals surface area contributed by atoms with Gasteiger partial charge in [0.1, 0.15) is 0 Å². The molecule has 0 radical (unpaired) electrons. The van der Waals surface area contributed by atoms with Crippen molar-refractivity contribution in [3.05, 3.63) is 59.2 Å². The van der Waals surface area contributed by atoms with Crippen LogP contribution in [0.1, 0.15) is 39.1 Å². The van der Waals surface area contributed by atoms with E-state index in [9.17, 15) is 9.59 Å². The fourth-order valence-electron chi connectivity index (χ4n) is 4.39. The summed E-state index contributed by atoms with van der Waals surface area (Å²) >= 11 is 0. The Labute approximate surface area is 163 Å². The maximum Gasteiger partial charge on any atom is 0.254 e. The van der Waals surface area contributed by atoms with Gasteiger partial charge in [-0.25, -0.2) is 0 Å². The van der Waals surface area contributed by atoms with Gasteiger partial charge >= 0.3 is 0 Å². The van der Waals surface area contributed by atoms with Gasteiger partial charge in [0.15, 0.2) is 11.5 Å². The van der Waals surface area contributed by atoms with E-state index in [-0.39, 0.29) is 24.6 Å². The maximum absolute atomic E-state index is 12.9. The molecule has 3 aliphatic heterocycles. The van der Waals surface area contributed by atoms with Gasteiger partial charge in [-0.2, -0.15) is 0 Å². The van der Waals surface area contributed by atoms with Crippen LogP contribution in [-0.2, 0) is 6.42 Å². The van der Waals surface area contributed by atoms with Crippen molar-refractivity contribution in [3.63, 3.8) is 0 Å². The van der Waals surface area contributed by atoms with Crippen molar-refractivity contribution in [1.82, 2.24) is 9.80 Å². The molecule has 2 aromatic rings. The average molecular weight is 378 g/mol. The van der Waals surface area contributed by atoms with E-state index >= 15 is 0 Å². The molecule has 0 bridgehead atoms. The van der Waals surface area contributed by atoms with Crippen molar-refractivity contribution in [2.24, 2.45) is 0 Å². The molecule has 144 valence electrons. The summed E-state index contributed by atoms with van der Waals surface area (Å²) in [7, 11) is 0. The first-order valence-electron chi connectivity index (χ1n) is 9.78. The summed E-state index contributed by atoms with van der Waals surface area (Å²) in [5.41, 5.74) is 2.58. The molecule has 0 atom stereocenters. The Morgan fingerprint density at radius 3 is 2.61 bits per heavy atom. The highest BCUT2D eigenvalue weighted by Gasteiger charge is 2.33. The van der Waals surface area contributed by atoms with Gasteiger partial charge in [-0.05, 0) is 49.1 Å². The van der Waals surface area contributed by atoms with E-state index in [1.165, 1.54) is 0 Å². The van der Waals surface area contributed by atoms with Gasteiger partial charge in [0.05, 0.1) is 0 Å². The molecule has 3 aliphatic rings. The largest absolute Gasteiger partial charge is 0.454 e. The van der Waals surface area contributed by atoms with E-state index in [4.69, 9.17) is 9.47 Å². The van der Waals surface area contributed by atoms with Gasteiger partial charge in [0.2, 0.25) is 6.79 Å². The molecule has 5 rings (SSSR count). The van der Waals surface area contributed by atoms with E-state index in [1.807, 2.05) is 34.1 Å². The minimum Gasteiger partial charge on any atom is -0.454 e. The summed E-state index contributed by atoms with van der Waals surface area (Å²) in [4.78, 5) is 29.6. The zero-order chi connectivity index (χ0) is 19.1. The van der Waals surface area contributed by atoms with Crippen molar-refractivity contribution in [1.29, 1.82) is 0 Å². The van der Waals surface area contributed by atoms with Crippen LogP contribution in [0.3, 0.4) is 0 Å². The molecular weight excluding hydrogens is 356 g/mol. The summed E-state index contributed by atoms with van der Waals surface area (Å²) in [5.74, 6) is 1.44.